The minimum Gasteiger partial charge on any atom is -0.504 e. The smallest absolute Gasteiger partial charge is 0.276 e. The Bertz CT molecular complexity index is 404. The first-order valence-corrected chi connectivity index (χ1v) is 4.67. The molecular formula is C10H13NO5. The average molecular weight is 227 g/mol. The van der Waals surface area contributed by atoms with Gasteiger partial charge in [0.25, 0.3) is 5.69 Å². The van der Waals surface area contributed by atoms with Gasteiger partial charge in [-0.1, -0.05) is 6.92 Å². The van der Waals surface area contributed by atoms with Crippen molar-refractivity contribution in [2.24, 2.45) is 0 Å². The zero-order valence-electron chi connectivity index (χ0n) is 9.01. The Morgan fingerprint density at radius 1 is 1.56 bits per heavy atom. The van der Waals surface area contributed by atoms with Crippen LogP contribution in [-0.2, 0) is 0 Å². The Hall–Kier alpha value is -1.82. The monoisotopic (exact) mass is 227 g/mol. The fraction of sp³-hybridized carbons (Fsp3) is 0.400. The summed E-state index contributed by atoms with van der Waals surface area (Å²) in [5.41, 5.74) is 0.113. The molecule has 0 amide bonds. The summed E-state index contributed by atoms with van der Waals surface area (Å²) in [5, 5.41) is 29.2. The van der Waals surface area contributed by atoms with Crippen LogP contribution < -0.4 is 4.74 Å². The Balaban J connectivity index is 3.36. The van der Waals surface area contributed by atoms with Gasteiger partial charge in [0, 0.05) is 18.1 Å². The number of methoxy groups -OCH3 is 1. The normalized spacial score (nSPS) is 12.2. The van der Waals surface area contributed by atoms with Crippen molar-refractivity contribution in [1.82, 2.24) is 0 Å². The number of nitrogens with zero attached hydrogens (tertiary/aromatic N) is 1. The van der Waals surface area contributed by atoms with Crippen LogP contribution in [0.3, 0.4) is 0 Å². The van der Waals surface area contributed by atoms with Crippen molar-refractivity contribution in [3.8, 4) is 11.5 Å². The summed E-state index contributed by atoms with van der Waals surface area (Å²) < 4.78 is 4.86. The molecule has 0 aliphatic carbocycles. The van der Waals surface area contributed by atoms with E-state index in [1.54, 1.807) is 6.92 Å². The molecule has 1 aromatic carbocycles. The number of ether oxygens (including phenoxy) is 1. The lowest BCUT2D eigenvalue weighted by atomic mass is 9.99. The minimum atomic E-state index is -0.597. The van der Waals surface area contributed by atoms with E-state index in [1.165, 1.54) is 13.2 Å². The second-order valence-corrected chi connectivity index (χ2v) is 3.42. The number of aromatic hydroxyl groups is 1. The number of aliphatic hydroxyl groups excluding tert-OH is 1. The average Bonchev–Trinajstić information content (AvgIpc) is 2.27. The van der Waals surface area contributed by atoms with E-state index in [0.717, 1.165) is 6.07 Å². The lowest BCUT2D eigenvalue weighted by molar-refractivity contribution is -0.385. The maximum absolute atomic E-state index is 10.8. The number of rotatable bonds is 4. The number of nitro groups is 1. The van der Waals surface area contributed by atoms with E-state index >= 15 is 0 Å². The molecule has 2 N–H and O–H groups in total. The molecule has 0 aliphatic rings. The van der Waals surface area contributed by atoms with Crippen LogP contribution in [-0.4, -0.2) is 28.9 Å². The molecule has 0 aromatic heterocycles. The molecule has 0 radical (unpaired) electrons. The molecule has 1 atom stereocenters. The van der Waals surface area contributed by atoms with Gasteiger partial charge in [-0.2, -0.15) is 0 Å². The molecule has 0 heterocycles. The molecule has 0 bridgehead atoms. The molecule has 0 saturated carbocycles. The van der Waals surface area contributed by atoms with Crippen molar-refractivity contribution >= 4 is 5.69 Å². The van der Waals surface area contributed by atoms with Crippen LogP contribution in [0.25, 0.3) is 0 Å². The second kappa shape index (κ2) is 4.80. The highest BCUT2D eigenvalue weighted by Gasteiger charge is 2.22. The third-order valence-corrected chi connectivity index (χ3v) is 2.33. The summed E-state index contributed by atoms with van der Waals surface area (Å²) in [6.07, 6.45) is 0. The molecule has 16 heavy (non-hydrogen) atoms. The van der Waals surface area contributed by atoms with E-state index in [-0.39, 0.29) is 23.8 Å². The lowest BCUT2D eigenvalue weighted by Gasteiger charge is -2.11. The lowest BCUT2D eigenvalue weighted by Crippen LogP contribution is -2.04. The molecule has 88 valence electrons. The maximum Gasteiger partial charge on any atom is 0.276 e. The van der Waals surface area contributed by atoms with Crippen LogP contribution >= 0.6 is 0 Å². The van der Waals surface area contributed by atoms with Gasteiger partial charge in [0.05, 0.1) is 18.1 Å². The van der Waals surface area contributed by atoms with Gasteiger partial charge in [-0.05, 0) is 6.07 Å². The van der Waals surface area contributed by atoms with E-state index in [2.05, 4.69) is 0 Å². The summed E-state index contributed by atoms with van der Waals surface area (Å²) >= 11 is 0. The predicted octanol–water partition coefficient (Wildman–Crippen LogP) is 1.40. The van der Waals surface area contributed by atoms with Crippen molar-refractivity contribution in [3.05, 3.63) is 27.8 Å². The Labute approximate surface area is 92.2 Å². The summed E-state index contributed by atoms with van der Waals surface area (Å²) in [4.78, 5) is 10.2. The molecule has 6 nitrogen and oxygen atoms in total. The number of hydrogen-bond acceptors (Lipinski definition) is 5. The fourth-order valence-electron chi connectivity index (χ4n) is 1.39. The quantitative estimate of drug-likeness (QED) is 0.599. The number of aliphatic hydroxyl groups is 1. The molecule has 0 fully saturated rings. The van der Waals surface area contributed by atoms with E-state index in [1.807, 2.05) is 0 Å². The van der Waals surface area contributed by atoms with E-state index < -0.39 is 10.8 Å². The van der Waals surface area contributed by atoms with Crippen LogP contribution in [0, 0.1) is 10.1 Å². The van der Waals surface area contributed by atoms with Crippen LogP contribution in [0.15, 0.2) is 12.1 Å². The van der Waals surface area contributed by atoms with Crippen LogP contribution in [0.2, 0.25) is 0 Å². The van der Waals surface area contributed by atoms with Crippen molar-refractivity contribution in [2.45, 2.75) is 12.8 Å². The molecule has 1 unspecified atom stereocenters. The second-order valence-electron chi connectivity index (χ2n) is 3.42. The third-order valence-electron chi connectivity index (χ3n) is 2.33. The van der Waals surface area contributed by atoms with E-state index in [0.29, 0.717) is 5.56 Å². The summed E-state index contributed by atoms with van der Waals surface area (Å²) in [6, 6.07) is 2.40. The van der Waals surface area contributed by atoms with Gasteiger partial charge < -0.3 is 14.9 Å². The Morgan fingerprint density at radius 3 is 2.62 bits per heavy atom. The molecule has 1 rings (SSSR count). The standard InChI is InChI=1S/C10H13NO5/c1-6(5-12)7-3-10(16-2)9(13)4-8(7)11(14)15/h3-4,6,12-13H,5H2,1-2H3. The van der Waals surface area contributed by atoms with Gasteiger partial charge in [-0.25, -0.2) is 0 Å². The van der Waals surface area contributed by atoms with Crippen LogP contribution in [0.5, 0.6) is 11.5 Å². The fourth-order valence-corrected chi connectivity index (χ4v) is 1.39. The van der Waals surface area contributed by atoms with E-state index in [9.17, 15) is 15.2 Å². The van der Waals surface area contributed by atoms with Gasteiger partial charge in [0.2, 0.25) is 0 Å². The van der Waals surface area contributed by atoms with Gasteiger partial charge in [-0.3, -0.25) is 10.1 Å². The number of hydrogen-bond donors (Lipinski definition) is 2. The molecule has 1 aromatic rings. The summed E-state index contributed by atoms with van der Waals surface area (Å²) in [7, 11) is 1.36. The number of phenols is 1. The highest BCUT2D eigenvalue weighted by Crippen LogP contribution is 2.36. The molecule has 6 heteroatoms. The SMILES string of the molecule is COc1cc(C(C)CO)c([N+](=O)[O-])cc1O. The van der Waals surface area contributed by atoms with Gasteiger partial charge in [0.1, 0.15) is 0 Å². The Kier molecular flexibility index (Phi) is 3.68. The van der Waals surface area contributed by atoms with Crippen molar-refractivity contribution in [1.29, 1.82) is 0 Å². The van der Waals surface area contributed by atoms with Crippen molar-refractivity contribution < 1.29 is 19.9 Å². The number of benzene rings is 1. The summed E-state index contributed by atoms with van der Waals surface area (Å²) in [6.45, 7) is 1.44. The topological polar surface area (TPSA) is 92.8 Å². The zero-order chi connectivity index (χ0) is 12.3. The number of nitro benzene ring substituents is 1. The molecule has 0 aliphatic heterocycles. The molecule has 0 spiro atoms. The van der Waals surface area contributed by atoms with Crippen LogP contribution in [0.4, 0.5) is 5.69 Å². The van der Waals surface area contributed by atoms with Gasteiger partial charge in [0.15, 0.2) is 11.5 Å². The van der Waals surface area contributed by atoms with Crippen molar-refractivity contribution in [2.75, 3.05) is 13.7 Å². The summed E-state index contributed by atoms with van der Waals surface area (Å²) in [5.74, 6) is -0.529. The van der Waals surface area contributed by atoms with Crippen molar-refractivity contribution in [3.63, 3.8) is 0 Å². The predicted molar refractivity (Wildman–Crippen MR) is 56.8 cm³/mol. The first-order valence-electron chi connectivity index (χ1n) is 4.67. The Morgan fingerprint density at radius 2 is 2.19 bits per heavy atom. The highest BCUT2D eigenvalue weighted by molar-refractivity contribution is 5.54. The van der Waals surface area contributed by atoms with Gasteiger partial charge >= 0.3 is 0 Å². The molecular weight excluding hydrogens is 214 g/mol. The first kappa shape index (κ1) is 12.3. The van der Waals surface area contributed by atoms with E-state index in [4.69, 9.17) is 9.84 Å². The third kappa shape index (κ3) is 2.22. The minimum absolute atomic E-state index is 0.154. The zero-order valence-corrected chi connectivity index (χ0v) is 9.01. The van der Waals surface area contributed by atoms with Gasteiger partial charge in [-0.15, -0.1) is 0 Å². The van der Waals surface area contributed by atoms with Crippen LogP contribution in [0.1, 0.15) is 18.4 Å². The number of phenolic OH excluding ortho intramolecular Hbond substituents is 1. The maximum atomic E-state index is 10.8. The highest BCUT2D eigenvalue weighted by atomic mass is 16.6. The largest absolute Gasteiger partial charge is 0.504 e. The first-order chi connectivity index (χ1) is 7.51. The molecule has 0 saturated heterocycles.